The van der Waals surface area contributed by atoms with Crippen LogP contribution in [0.3, 0.4) is 0 Å². The summed E-state index contributed by atoms with van der Waals surface area (Å²) in [5.41, 5.74) is 1.55. The fourth-order valence-electron chi connectivity index (χ4n) is 0.0527. The van der Waals surface area contributed by atoms with Crippen molar-refractivity contribution in [1.82, 2.24) is 5.48 Å². The van der Waals surface area contributed by atoms with Gasteiger partial charge in [-0.25, -0.2) is 0 Å². The Morgan fingerprint density at radius 1 is 1.83 bits per heavy atom. The van der Waals surface area contributed by atoms with Gasteiger partial charge < -0.3 is 10.3 Å². The molecule has 0 spiro atoms. The number of rotatable bonds is 2. The average Bonchev–Trinajstić information content (AvgIpc) is 1.65. The number of aliphatic hydroxyl groups excluding tert-OH is 1. The van der Waals surface area contributed by atoms with Crippen LogP contribution in [-0.2, 0) is 0 Å². The second-order valence-corrected chi connectivity index (χ2v) is 0.810. The van der Waals surface area contributed by atoms with Crippen molar-refractivity contribution in [3.8, 4) is 0 Å². The summed E-state index contributed by atoms with van der Waals surface area (Å²) in [5.74, 6) is 0. The van der Waals surface area contributed by atoms with Crippen LogP contribution in [0.25, 0.3) is 0 Å². The third-order valence-electron chi connectivity index (χ3n) is 0.356. The SMILES string of the molecule is C=CC(O)NO. The van der Waals surface area contributed by atoms with Gasteiger partial charge in [-0.1, -0.05) is 6.58 Å². The molecule has 0 fully saturated rings. The molecular weight excluding hydrogens is 82.0 g/mol. The van der Waals surface area contributed by atoms with E-state index in [4.69, 9.17) is 10.3 Å². The molecule has 6 heavy (non-hydrogen) atoms. The van der Waals surface area contributed by atoms with Gasteiger partial charge in [0.2, 0.25) is 0 Å². The molecule has 0 aliphatic heterocycles. The molecule has 0 rings (SSSR count). The highest BCUT2D eigenvalue weighted by Crippen LogP contribution is 1.68. The van der Waals surface area contributed by atoms with Crippen LogP contribution >= 0.6 is 0 Å². The monoisotopic (exact) mass is 89.0 g/mol. The normalized spacial score (nSPS) is 13.7. The minimum Gasteiger partial charge on any atom is -0.373 e. The molecule has 0 aromatic heterocycles. The number of nitrogens with one attached hydrogen (secondary N) is 1. The number of hydrogen-bond acceptors (Lipinski definition) is 3. The largest absolute Gasteiger partial charge is 0.373 e. The summed E-state index contributed by atoms with van der Waals surface area (Å²) in [6, 6.07) is 0. The minimum atomic E-state index is -0.995. The fourth-order valence-corrected chi connectivity index (χ4v) is 0.0527. The van der Waals surface area contributed by atoms with Gasteiger partial charge >= 0.3 is 0 Å². The summed E-state index contributed by atoms with van der Waals surface area (Å²) in [7, 11) is 0. The second-order valence-electron chi connectivity index (χ2n) is 0.810. The van der Waals surface area contributed by atoms with E-state index in [2.05, 4.69) is 6.58 Å². The van der Waals surface area contributed by atoms with E-state index in [9.17, 15) is 0 Å². The molecule has 3 heteroatoms. The Morgan fingerprint density at radius 3 is 2.33 bits per heavy atom. The summed E-state index contributed by atoms with van der Waals surface area (Å²) >= 11 is 0. The molecule has 0 amide bonds. The van der Waals surface area contributed by atoms with Gasteiger partial charge in [0.25, 0.3) is 0 Å². The van der Waals surface area contributed by atoms with Crippen molar-refractivity contribution in [2.24, 2.45) is 0 Å². The molecular formula is C3H7NO2. The molecule has 0 aliphatic carbocycles. The van der Waals surface area contributed by atoms with Crippen molar-refractivity contribution >= 4 is 0 Å². The van der Waals surface area contributed by atoms with E-state index < -0.39 is 6.23 Å². The van der Waals surface area contributed by atoms with Crippen LogP contribution < -0.4 is 5.48 Å². The van der Waals surface area contributed by atoms with Gasteiger partial charge in [-0.3, -0.25) is 0 Å². The average molecular weight is 89.1 g/mol. The van der Waals surface area contributed by atoms with Crippen LogP contribution in [0.5, 0.6) is 0 Å². The summed E-state index contributed by atoms with van der Waals surface area (Å²) in [5, 5.41) is 16.0. The molecule has 0 aromatic carbocycles. The van der Waals surface area contributed by atoms with Gasteiger partial charge in [-0.15, -0.1) is 0 Å². The zero-order valence-electron chi connectivity index (χ0n) is 3.26. The fraction of sp³-hybridized carbons (Fsp3) is 0.333. The highest BCUT2D eigenvalue weighted by molar-refractivity contribution is 4.71. The van der Waals surface area contributed by atoms with Crippen molar-refractivity contribution in [3.05, 3.63) is 12.7 Å². The van der Waals surface area contributed by atoms with E-state index in [0.29, 0.717) is 0 Å². The minimum absolute atomic E-state index is 0.995. The molecule has 36 valence electrons. The quantitative estimate of drug-likeness (QED) is 0.242. The molecule has 0 saturated heterocycles. The summed E-state index contributed by atoms with van der Waals surface area (Å²) in [4.78, 5) is 0. The van der Waals surface area contributed by atoms with E-state index in [1.54, 1.807) is 5.48 Å². The molecule has 0 bridgehead atoms. The molecule has 3 N–H and O–H groups in total. The maximum atomic E-state index is 8.19. The molecule has 0 heterocycles. The lowest BCUT2D eigenvalue weighted by molar-refractivity contribution is 0.0320. The van der Waals surface area contributed by atoms with E-state index in [0.717, 1.165) is 0 Å². The summed E-state index contributed by atoms with van der Waals surface area (Å²) in [6.45, 7) is 3.16. The van der Waals surface area contributed by atoms with Crippen LogP contribution in [0.4, 0.5) is 0 Å². The van der Waals surface area contributed by atoms with Gasteiger partial charge in [0.15, 0.2) is 0 Å². The van der Waals surface area contributed by atoms with E-state index in [1.165, 1.54) is 6.08 Å². The molecule has 0 radical (unpaired) electrons. The van der Waals surface area contributed by atoms with E-state index >= 15 is 0 Å². The number of hydroxylamine groups is 1. The summed E-state index contributed by atoms with van der Waals surface area (Å²) in [6.07, 6.45) is 0.171. The first-order valence-corrected chi connectivity index (χ1v) is 1.51. The van der Waals surface area contributed by atoms with Gasteiger partial charge in [0.1, 0.15) is 6.23 Å². The first kappa shape index (κ1) is 5.62. The van der Waals surface area contributed by atoms with Gasteiger partial charge in [-0.2, -0.15) is 5.48 Å². The second kappa shape index (κ2) is 2.84. The highest BCUT2D eigenvalue weighted by atomic mass is 16.5. The first-order chi connectivity index (χ1) is 2.81. The zero-order valence-corrected chi connectivity index (χ0v) is 3.26. The molecule has 1 unspecified atom stereocenters. The first-order valence-electron chi connectivity index (χ1n) is 1.51. The Hall–Kier alpha value is -0.380. The maximum Gasteiger partial charge on any atom is 0.145 e. The third-order valence-corrected chi connectivity index (χ3v) is 0.356. The molecule has 3 nitrogen and oxygen atoms in total. The molecule has 0 aliphatic rings. The van der Waals surface area contributed by atoms with Crippen LogP contribution in [0.2, 0.25) is 0 Å². The lowest BCUT2D eigenvalue weighted by Crippen LogP contribution is -2.21. The van der Waals surface area contributed by atoms with Crippen molar-refractivity contribution in [2.45, 2.75) is 6.23 Å². The van der Waals surface area contributed by atoms with Crippen LogP contribution in [-0.4, -0.2) is 16.5 Å². The van der Waals surface area contributed by atoms with Crippen molar-refractivity contribution < 1.29 is 10.3 Å². The Bertz CT molecular complexity index is 46.1. The number of aliphatic hydroxyl groups is 1. The molecule has 0 aromatic rings. The smallest absolute Gasteiger partial charge is 0.145 e. The van der Waals surface area contributed by atoms with E-state index in [1.807, 2.05) is 0 Å². The van der Waals surface area contributed by atoms with Gasteiger partial charge in [0, 0.05) is 0 Å². The Morgan fingerprint density at radius 2 is 2.33 bits per heavy atom. The van der Waals surface area contributed by atoms with Crippen molar-refractivity contribution in [2.75, 3.05) is 0 Å². The highest BCUT2D eigenvalue weighted by Gasteiger charge is 1.85. The standard InChI is InChI=1S/C3H7NO2/c1-2-3(5)4-6/h2-6H,1H2. The Labute approximate surface area is 35.9 Å². The topological polar surface area (TPSA) is 52.5 Å². The predicted octanol–water partition coefficient (Wildman–Crippen LogP) is -0.530. The van der Waals surface area contributed by atoms with Gasteiger partial charge in [-0.05, 0) is 6.08 Å². The lowest BCUT2D eigenvalue weighted by atomic mass is 10.6. The zero-order chi connectivity index (χ0) is 4.99. The predicted molar refractivity (Wildman–Crippen MR) is 21.1 cm³/mol. The molecule has 1 atom stereocenters. The Kier molecular flexibility index (Phi) is 2.66. The lowest BCUT2D eigenvalue weighted by Gasteiger charge is -1.95. The van der Waals surface area contributed by atoms with Crippen LogP contribution in [0.15, 0.2) is 12.7 Å². The third kappa shape index (κ3) is 1.90. The number of hydrogen-bond donors (Lipinski definition) is 3. The van der Waals surface area contributed by atoms with Crippen LogP contribution in [0, 0.1) is 0 Å². The molecule has 0 saturated carbocycles. The summed E-state index contributed by atoms with van der Waals surface area (Å²) < 4.78 is 0. The van der Waals surface area contributed by atoms with Crippen molar-refractivity contribution in [3.63, 3.8) is 0 Å². The van der Waals surface area contributed by atoms with Gasteiger partial charge in [0.05, 0.1) is 0 Å². The Balaban J connectivity index is 2.96. The van der Waals surface area contributed by atoms with E-state index in [-0.39, 0.29) is 0 Å². The van der Waals surface area contributed by atoms with Crippen LogP contribution in [0.1, 0.15) is 0 Å². The van der Waals surface area contributed by atoms with Crippen molar-refractivity contribution in [1.29, 1.82) is 0 Å². The maximum absolute atomic E-state index is 8.19.